The number of rotatable bonds is 5. The molecule has 7 heteroatoms. The van der Waals surface area contributed by atoms with Gasteiger partial charge >= 0.3 is 0 Å². The van der Waals surface area contributed by atoms with Crippen LogP contribution in [0.25, 0.3) is 0 Å². The fourth-order valence-electron chi connectivity index (χ4n) is 3.29. The molecule has 1 aliphatic heterocycles. The van der Waals surface area contributed by atoms with Crippen LogP contribution in [0.15, 0.2) is 16.8 Å². The molecule has 1 atom stereocenters. The molecular weight excluding hydrogens is 318 g/mol. The largest absolute Gasteiger partial charge is 0.444 e. The van der Waals surface area contributed by atoms with Crippen molar-refractivity contribution in [3.63, 3.8) is 0 Å². The van der Waals surface area contributed by atoms with Gasteiger partial charge in [-0.3, -0.25) is 19.7 Å². The molecule has 1 saturated heterocycles. The summed E-state index contributed by atoms with van der Waals surface area (Å²) in [6.07, 6.45) is 5.98. The Balaban J connectivity index is 1.62. The average Bonchev–Trinajstić information content (AvgIpc) is 3.23. The van der Waals surface area contributed by atoms with Crippen LogP contribution >= 0.6 is 0 Å². The number of aromatic nitrogens is 2. The zero-order valence-corrected chi connectivity index (χ0v) is 14.9. The van der Waals surface area contributed by atoms with E-state index in [0.717, 1.165) is 37.1 Å². The van der Waals surface area contributed by atoms with Crippen molar-refractivity contribution in [2.45, 2.75) is 46.2 Å². The Hall–Kier alpha value is -2.59. The summed E-state index contributed by atoms with van der Waals surface area (Å²) >= 11 is 0. The number of carbonyl (C=O) groups is 1. The summed E-state index contributed by atoms with van der Waals surface area (Å²) in [4.78, 5) is 14.6. The van der Waals surface area contributed by atoms with Crippen molar-refractivity contribution in [1.82, 2.24) is 14.7 Å². The van der Waals surface area contributed by atoms with Crippen LogP contribution in [-0.4, -0.2) is 39.7 Å². The van der Waals surface area contributed by atoms with Gasteiger partial charge in [-0.15, -0.1) is 0 Å². The van der Waals surface area contributed by atoms with Crippen molar-refractivity contribution in [3.8, 4) is 6.07 Å². The van der Waals surface area contributed by atoms with Gasteiger partial charge in [0.15, 0.2) is 0 Å². The Morgan fingerprint density at radius 1 is 1.48 bits per heavy atom. The fraction of sp³-hybridized carbons (Fsp3) is 0.500. The smallest absolute Gasteiger partial charge is 0.240 e. The van der Waals surface area contributed by atoms with Crippen molar-refractivity contribution in [2.75, 3.05) is 18.4 Å². The van der Waals surface area contributed by atoms with Gasteiger partial charge in [-0.1, -0.05) is 0 Å². The molecule has 1 fully saturated rings. The number of nitrogens with zero attached hydrogens (tertiary/aromatic N) is 4. The predicted molar refractivity (Wildman–Crippen MR) is 93.1 cm³/mol. The maximum Gasteiger partial charge on any atom is 0.240 e. The number of hydrogen-bond donors (Lipinski definition) is 1. The first-order valence-corrected chi connectivity index (χ1v) is 8.51. The lowest BCUT2D eigenvalue weighted by atomic mass is 10.2. The Kier molecular flexibility index (Phi) is 4.91. The van der Waals surface area contributed by atoms with Crippen LogP contribution in [0.2, 0.25) is 0 Å². The van der Waals surface area contributed by atoms with E-state index in [9.17, 15) is 10.1 Å². The summed E-state index contributed by atoms with van der Waals surface area (Å²) in [5.74, 6) is 0.745. The van der Waals surface area contributed by atoms with Gasteiger partial charge in [0.05, 0.1) is 19.3 Å². The normalized spacial score (nSPS) is 17.6. The van der Waals surface area contributed by atoms with E-state index in [1.54, 1.807) is 6.92 Å². The third-order valence-corrected chi connectivity index (χ3v) is 4.76. The molecule has 25 heavy (non-hydrogen) atoms. The molecule has 1 aliphatic rings. The van der Waals surface area contributed by atoms with Crippen molar-refractivity contribution >= 4 is 11.8 Å². The van der Waals surface area contributed by atoms with Crippen LogP contribution in [-0.2, 0) is 11.3 Å². The zero-order chi connectivity index (χ0) is 18.0. The molecule has 2 aromatic rings. The quantitative estimate of drug-likeness (QED) is 0.902. The van der Waals surface area contributed by atoms with Gasteiger partial charge in [-0.2, -0.15) is 10.4 Å². The number of aryl methyl sites for hydroxylation is 2. The summed E-state index contributed by atoms with van der Waals surface area (Å²) < 4.78 is 7.44. The molecule has 1 amide bonds. The number of nitrogens with one attached hydrogen (secondary N) is 1. The molecule has 1 unspecified atom stereocenters. The van der Waals surface area contributed by atoms with E-state index in [1.807, 2.05) is 30.9 Å². The standard InChI is InChI=1S/C18H23N5O2/c1-12-8-20-23(9-12)10-15-5-4-6-22(15)11-17(24)21-18-16(7-19)13(2)14(3)25-18/h8-9,15H,4-6,10-11H2,1-3H3,(H,21,24). The lowest BCUT2D eigenvalue weighted by Crippen LogP contribution is -2.39. The average molecular weight is 341 g/mol. The Labute approximate surface area is 147 Å². The summed E-state index contributed by atoms with van der Waals surface area (Å²) in [6.45, 7) is 7.57. The minimum absolute atomic E-state index is 0.159. The lowest BCUT2D eigenvalue weighted by molar-refractivity contribution is -0.117. The minimum Gasteiger partial charge on any atom is -0.444 e. The van der Waals surface area contributed by atoms with E-state index in [4.69, 9.17) is 4.42 Å². The van der Waals surface area contributed by atoms with Crippen LogP contribution in [0.3, 0.4) is 0 Å². The highest BCUT2D eigenvalue weighted by Crippen LogP contribution is 2.25. The number of amides is 1. The van der Waals surface area contributed by atoms with Crippen molar-refractivity contribution < 1.29 is 9.21 Å². The summed E-state index contributed by atoms with van der Waals surface area (Å²) in [6, 6.07) is 2.39. The van der Waals surface area contributed by atoms with E-state index >= 15 is 0 Å². The highest BCUT2D eigenvalue weighted by Gasteiger charge is 2.27. The Morgan fingerprint density at radius 3 is 2.96 bits per heavy atom. The molecule has 0 aromatic carbocycles. The van der Waals surface area contributed by atoms with Gasteiger partial charge in [0.25, 0.3) is 0 Å². The summed E-state index contributed by atoms with van der Waals surface area (Å²) in [5, 5.41) is 16.3. The highest BCUT2D eigenvalue weighted by atomic mass is 16.4. The molecule has 3 heterocycles. The topological polar surface area (TPSA) is 87.1 Å². The van der Waals surface area contributed by atoms with Gasteiger partial charge in [0.2, 0.25) is 11.8 Å². The number of likely N-dealkylation sites (tertiary alicyclic amines) is 1. The van der Waals surface area contributed by atoms with Gasteiger partial charge < -0.3 is 4.42 Å². The number of hydrogen-bond acceptors (Lipinski definition) is 5. The van der Waals surface area contributed by atoms with Crippen LogP contribution in [0.1, 0.15) is 35.3 Å². The van der Waals surface area contributed by atoms with Gasteiger partial charge in [-0.05, 0) is 45.7 Å². The second-order valence-corrected chi connectivity index (χ2v) is 6.65. The molecule has 0 radical (unpaired) electrons. The van der Waals surface area contributed by atoms with Crippen LogP contribution in [0.5, 0.6) is 0 Å². The molecule has 0 aliphatic carbocycles. The molecule has 0 bridgehead atoms. The van der Waals surface area contributed by atoms with Gasteiger partial charge in [0, 0.05) is 17.8 Å². The highest BCUT2D eigenvalue weighted by molar-refractivity contribution is 5.92. The predicted octanol–water partition coefficient (Wildman–Crippen LogP) is 2.38. The molecule has 132 valence electrons. The second kappa shape index (κ2) is 7.11. The first-order valence-electron chi connectivity index (χ1n) is 8.51. The molecule has 0 saturated carbocycles. The first kappa shape index (κ1) is 17.2. The Bertz CT molecular complexity index is 814. The number of nitriles is 1. The molecule has 0 spiro atoms. The maximum atomic E-state index is 12.4. The van der Waals surface area contributed by atoms with Crippen molar-refractivity contribution in [2.24, 2.45) is 0 Å². The van der Waals surface area contributed by atoms with Crippen LogP contribution in [0, 0.1) is 32.1 Å². The number of anilines is 1. The summed E-state index contributed by atoms with van der Waals surface area (Å²) in [5.41, 5.74) is 2.30. The SMILES string of the molecule is Cc1cnn(CC2CCCN2CC(=O)Nc2oc(C)c(C)c2C#N)c1. The molecular formula is C18H23N5O2. The molecule has 2 aromatic heterocycles. The monoisotopic (exact) mass is 341 g/mol. The van der Waals surface area contributed by atoms with E-state index in [0.29, 0.717) is 17.4 Å². The van der Waals surface area contributed by atoms with Crippen molar-refractivity contribution in [1.29, 1.82) is 5.26 Å². The molecule has 1 N–H and O–H groups in total. The maximum absolute atomic E-state index is 12.4. The molecule has 3 rings (SSSR count). The number of carbonyl (C=O) groups excluding carboxylic acids is 1. The zero-order valence-electron chi connectivity index (χ0n) is 14.9. The lowest BCUT2D eigenvalue weighted by Gasteiger charge is -2.23. The minimum atomic E-state index is -0.159. The third kappa shape index (κ3) is 3.74. The third-order valence-electron chi connectivity index (χ3n) is 4.76. The number of furan rings is 1. The molecule has 7 nitrogen and oxygen atoms in total. The van der Waals surface area contributed by atoms with Crippen LogP contribution < -0.4 is 5.32 Å². The second-order valence-electron chi connectivity index (χ2n) is 6.65. The van der Waals surface area contributed by atoms with Crippen LogP contribution in [0.4, 0.5) is 5.88 Å². The first-order chi connectivity index (χ1) is 12.0. The van der Waals surface area contributed by atoms with Gasteiger partial charge in [0.1, 0.15) is 17.4 Å². The van der Waals surface area contributed by atoms with E-state index in [2.05, 4.69) is 21.4 Å². The van der Waals surface area contributed by atoms with E-state index in [-0.39, 0.29) is 18.3 Å². The fourth-order valence-corrected chi connectivity index (χ4v) is 3.29. The summed E-state index contributed by atoms with van der Waals surface area (Å²) in [7, 11) is 0. The Morgan fingerprint density at radius 2 is 2.28 bits per heavy atom. The van der Waals surface area contributed by atoms with Gasteiger partial charge in [-0.25, -0.2) is 0 Å². The van der Waals surface area contributed by atoms with E-state index < -0.39 is 0 Å². The van der Waals surface area contributed by atoms with Crippen molar-refractivity contribution in [3.05, 3.63) is 34.8 Å². The van der Waals surface area contributed by atoms with E-state index in [1.165, 1.54) is 0 Å².